The smallest absolute Gasteiger partial charge is 0.233 e. The van der Waals surface area contributed by atoms with Gasteiger partial charge < -0.3 is 0 Å². The Morgan fingerprint density at radius 2 is 2.41 bits per heavy atom. The van der Waals surface area contributed by atoms with Gasteiger partial charge in [-0.05, 0) is 22.0 Å². The summed E-state index contributed by atoms with van der Waals surface area (Å²) >= 11 is 4.44. The summed E-state index contributed by atoms with van der Waals surface area (Å²) in [7, 11) is 0. The monoisotopic (exact) mass is 315 g/mol. The van der Waals surface area contributed by atoms with E-state index in [0.717, 1.165) is 0 Å². The molecule has 7 heteroatoms. The van der Waals surface area contributed by atoms with Crippen molar-refractivity contribution in [2.45, 2.75) is 18.6 Å². The van der Waals surface area contributed by atoms with Crippen LogP contribution in [0.4, 0.5) is 5.95 Å². The lowest BCUT2D eigenvalue weighted by atomic mass is 10.4. The van der Waals surface area contributed by atoms with Crippen LogP contribution in [0.1, 0.15) is 13.3 Å². The third-order valence-corrected chi connectivity index (χ3v) is 3.70. The van der Waals surface area contributed by atoms with Crippen LogP contribution in [-0.2, 0) is 9.59 Å². The summed E-state index contributed by atoms with van der Waals surface area (Å²) in [6.07, 6.45) is 1.95. The van der Waals surface area contributed by atoms with Gasteiger partial charge in [-0.2, -0.15) is 0 Å². The molecule has 0 radical (unpaired) electrons. The van der Waals surface area contributed by atoms with Crippen LogP contribution < -0.4 is 4.90 Å². The zero-order valence-electron chi connectivity index (χ0n) is 9.09. The summed E-state index contributed by atoms with van der Waals surface area (Å²) in [4.78, 5) is 32.5. The highest BCUT2D eigenvalue weighted by molar-refractivity contribution is 9.10. The molecule has 1 aliphatic heterocycles. The number of hydrogen-bond acceptors (Lipinski definition) is 5. The Kier molecular flexibility index (Phi) is 3.78. The minimum Gasteiger partial charge on any atom is -0.288 e. The lowest BCUT2D eigenvalue weighted by Crippen LogP contribution is -2.27. The summed E-state index contributed by atoms with van der Waals surface area (Å²) in [5, 5.41) is 0.0300. The molecule has 2 rings (SSSR count). The fraction of sp³-hybridized carbons (Fsp3) is 0.400. The first kappa shape index (κ1) is 12.5. The van der Waals surface area contributed by atoms with Gasteiger partial charge in [0.15, 0.2) is 5.12 Å². The van der Waals surface area contributed by atoms with Gasteiger partial charge in [0.05, 0.1) is 0 Å². The lowest BCUT2D eigenvalue weighted by molar-refractivity contribution is -0.117. The standard InChI is InChI=1S/C10H10BrN3O2S/c1-6(15)17-7-4-9(16)14(5-7)10-12-3-2-8(11)13-10/h2-3,7H,4-5H2,1H3. The van der Waals surface area contributed by atoms with Crippen LogP contribution in [0.5, 0.6) is 0 Å². The number of thioether (sulfide) groups is 1. The van der Waals surface area contributed by atoms with Crippen LogP contribution in [0.15, 0.2) is 16.9 Å². The normalized spacial score (nSPS) is 19.8. The Labute approximate surface area is 111 Å². The zero-order chi connectivity index (χ0) is 12.4. The summed E-state index contributed by atoms with van der Waals surface area (Å²) in [5.74, 6) is 0.345. The first-order valence-electron chi connectivity index (χ1n) is 5.02. The fourth-order valence-corrected chi connectivity index (χ4v) is 2.83. The summed E-state index contributed by atoms with van der Waals surface area (Å²) in [6.45, 7) is 1.99. The molecule has 1 unspecified atom stereocenters. The zero-order valence-corrected chi connectivity index (χ0v) is 11.5. The van der Waals surface area contributed by atoms with Crippen molar-refractivity contribution in [1.82, 2.24) is 9.97 Å². The van der Waals surface area contributed by atoms with E-state index >= 15 is 0 Å². The van der Waals surface area contributed by atoms with E-state index in [9.17, 15) is 9.59 Å². The number of hydrogen-bond donors (Lipinski definition) is 0. The van der Waals surface area contributed by atoms with E-state index in [-0.39, 0.29) is 16.3 Å². The number of carbonyl (C=O) groups excluding carboxylic acids is 2. The number of rotatable bonds is 2. The predicted molar refractivity (Wildman–Crippen MR) is 68.8 cm³/mol. The fourth-order valence-electron chi connectivity index (χ4n) is 1.64. The van der Waals surface area contributed by atoms with Gasteiger partial charge in [-0.3, -0.25) is 14.5 Å². The maximum absolute atomic E-state index is 11.8. The van der Waals surface area contributed by atoms with E-state index in [1.165, 1.54) is 23.6 Å². The van der Waals surface area contributed by atoms with Crippen molar-refractivity contribution in [3.05, 3.63) is 16.9 Å². The van der Waals surface area contributed by atoms with Crippen molar-refractivity contribution >= 4 is 44.7 Å². The van der Waals surface area contributed by atoms with Crippen LogP contribution in [0.2, 0.25) is 0 Å². The first-order chi connectivity index (χ1) is 8.06. The van der Waals surface area contributed by atoms with Gasteiger partial charge in [-0.25, -0.2) is 9.97 Å². The molecule has 1 saturated heterocycles. The van der Waals surface area contributed by atoms with Crippen LogP contribution in [0.25, 0.3) is 0 Å². The van der Waals surface area contributed by atoms with E-state index in [0.29, 0.717) is 23.5 Å². The summed E-state index contributed by atoms with van der Waals surface area (Å²) < 4.78 is 0.637. The molecule has 1 atom stereocenters. The first-order valence-corrected chi connectivity index (χ1v) is 6.69. The maximum Gasteiger partial charge on any atom is 0.233 e. The molecule has 0 saturated carbocycles. The SMILES string of the molecule is CC(=O)SC1CC(=O)N(c2nccc(Br)n2)C1. The van der Waals surface area contributed by atoms with Crippen molar-refractivity contribution in [3.8, 4) is 0 Å². The minimum absolute atomic E-state index is 0.00239. The molecular weight excluding hydrogens is 306 g/mol. The van der Waals surface area contributed by atoms with Gasteiger partial charge in [0, 0.05) is 31.3 Å². The molecule has 0 N–H and O–H groups in total. The van der Waals surface area contributed by atoms with E-state index < -0.39 is 0 Å². The molecule has 1 aliphatic rings. The number of amides is 1. The van der Waals surface area contributed by atoms with Gasteiger partial charge in [0.1, 0.15) is 4.60 Å². The quantitative estimate of drug-likeness (QED) is 0.776. The average molecular weight is 316 g/mol. The Morgan fingerprint density at radius 3 is 3.06 bits per heavy atom. The van der Waals surface area contributed by atoms with E-state index in [1.807, 2.05) is 0 Å². The molecule has 5 nitrogen and oxygen atoms in total. The third-order valence-electron chi connectivity index (χ3n) is 2.27. The molecule has 1 aromatic rings. The van der Waals surface area contributed by atoms with Gasteiger partial charge in [-0.1, -0.05) is 11.8 Å². The average Bonchev–Trinajstić information content (AvgIpc) is 2.58. The Bertz CT molecular complexity index is 469. The predicted octanol–water partition coefficient (Wildman–Crippen LogP) is 1.62. The second-order valence-electron chi connectivity index (χ2n) is 3.62. The van der Waals surface area contributed by atoms with Gasteiger partial charge >= 0.3 is 0 Å². The van der Waals surface area contributed by atoms with Crippen molar-refractivity contribution in [2.75, 3.05) is 11.4 Å². The molecule has 1 fully saturated rings. The molecule has 1 aromatic heterocycles. The molecule has 0 aliphatic carbocycles. The number of anilines is 1. The van der Waals surface area contributed by atoms with Crippen LogP contribution in [0, 0.1) is 0 Å². The molecular formula is C10H10BrN3O2S. The summed E-state index contributed by atoms with van der Waals surface area (Å²) in [5.41, 5.74) is 0. The van der Waals surface area contributed by atoms with Crippen molar-refractivity contribution in [1.29, 1.82) is 0 Å². The van der Waals surface area contributed by atoms with Gasteiger partial charge in [-0.15, -0.1) is 0 Å². The number of carbonyl (C=O) groups is 2. The van der Waals surface area contributed by atoms with Crippen molar-refractivity contribution in [3.63, 3.8) is 0 Å². The molecule has 1 amide bonds. The molecule has 90 valence electrons. The maximum atomic E-state index is 11.8. The number of aromatic nitrogens is 2. The molecule has 2 heterocycles. The highest BCUT2D eigenvalue weighted by Crippen LogP contribution is 2.26. The second kappa shape index (κ2) is 5.14. The van der Waals surface area contributed by atoms with Crippen LogP contribution in [-0.4, -0.2) is 32.8 Å². The molecule has 0 aromatic carbocycles. The minimum atomic E-state index is -0.0400. The van der Waals surface area contributed by atoms with Crippen molar-refractivity contribution < 1.29 is 9.59 Å². The molecule has 17 heavy (non-hydrogen) atoms. The van der Waals surface area contributed by atoms with Crippen molar-refractivity contribution in [2.24, 2.45) is 0 Å². The number of halogens is 1. The second-order valence-corrected chi connectivity index (χ2v) is 5.91. The number of nitrogens with zero attached hydrogens (tertiary/aromatic N) is 3. The van der Waals surface area contributed by atoms with E-state index in [2.05, 4.69) is 25.9 Å². The van der Waals surface area contributed by atoms with Crippen LogP contribution >= 0.6 is 27.7 Å². The molecule has 0 bridgehead atoms. The van der Waals surface area contributed by atoms with Gasteiger partial charge in [0.25, 0.3) is 0 Å². The van der Waals surface area contributed by atoms with E-state index in [1.54, 1.807) is 12.3 Å². The summed E-state index contributed by atoms with van der Waals surface area (Å²) in [6, 6.07) is 1.70. The van der Waals surface area contributed by atoms with Crippen LogP contribution in [0.3, 0.4) is 0 Å². The largest absolute Gasteiger partial charge is 0.288 e. The van der Waals surface area contributed by atoms with E-state index in [4.69, 9.17) is 0 Å². The third kappa shape index (κ3) is 3.04. The molecule has 0 spiro atoms. The van der Waals surface area contributed by atoms with Gasteiger partial charge in [0.2, 0.25) is 11.9 Å². The Hall–Kier alpha value is -0.950. The topological polar surface area (TPSA) is 63.2 Å². The lowest BCUT2D eigenvalue weighted by Gasteiger charge is -2.13. The Balaban J connectivity index is 2.13. The highest BCUT2D eigenvalue weighted by atomic mass is 79.9. The highest BCUT2D eigenvalue weighted by Gasteiger charge is 2.33. The Morgan fingerprint density at radius 1 is 1.65 bits per heavy atom.